The highest BCUT2D eigenvalue weighted by atomic mass is 35.5. The Balaban J connectivity index is 2.26. The molecule has 0 amide bonds. The average Bonchev–Trinajstić information content (AvgIpc) is 2.59. The van der Waals surface area contributed by atoms with Crippen molar-refractivity contribution in [3.05, 3.63) is 29.3 Å². The molecule has 0 bridgehead atoms. The fraction of sp³-hybridized carbons (Fsp3) is 0.562. The predicted octanol–water partition coefficient (Wildman–Crippen LogP) is 1.60. The summed E-state index contributed by atoms with van der Waals surface area (Å²) in [4.78, 5) is 4.24. The standard InChI is InChI=1S/C16H27ClN4O3S/c1-3-24-12-5-4-9-19-16(18-2)20-10-11-21-25(22,23)15-8-6-7-14(17)13-15/h6-8,13,21H,3-5,9-12H2,1-2H3,(H2,18,19,20). The number of hydrogen-bond acceptors (Lipinski definition) is 4. The first-order chi connectivity index (χ1) is 12.0. The van der Waals surface area contributed by atoms with Gasteiger partial charge in [-0.05, 0) is 38.0 Å². The van der Waals surface area contributed by atoms with Gasteiger partial charge in [-0.15, -0.1) is 0 Å². The van der Waals surface area contributed by atoms with Gasteiger partial charge in [0.05, 0.1) is 4.90 Å². The van der Waals surface area contributed by atoms with Crippen LogP contribution >= 0.6 is 11.6 Å². The van der Waals surface area contributed by atoms with Crippen LogP contribution in [0, 0.1) is 0 Å². The summed E-state index contributed by atoms with van der Waals surface area (Å²) < 4.78 is 32.1. The molecule has 0 saturated carbocycles. The number of halogens is 1. The Labute approximate surface area is 155 Å². The Morgan fingerprint density at radius 1 is 1.20 bits per heavy atom. The molecule has 0 fully saturated rings. The van der Waals surface area contributed by atoms with Gasteiger partial charge in [-0.2, -0.15) is 0 Å². The molecular weight excluding hydrogens is 364 g/mol. The molecule has 142 valence electrons. The lowest BCUT2D eigenvalue weighted by Crippen LogP contribution is -2.41. The van der Waals surface area contributed by atoms with E-state index in [4.69, 9.17) is 16.3 Å². The summed E-state index contributed by atoms with van der Waals surface area (Å²) in [5, 5.41) is 6.62. The van der Waals surface area contributed by atoms with Crippen LogP contribution in [0.3, 0.4) is 0 Å². The molecule has 7 nitrogen and oxygen atoms in total. The number of unbranched alkanes of at least 4 members (excludes halogenated alkanes) is 1. The first kappa shape index (κ1) is 21.7. The minimum Gasteiger partial charge on any atom is -0.382 e. The van der Waals surface area contributed by atoms with E-state index < -0.39 is 10.0 Å². The fourth-order valence-electron chi connectivity index (χ4n) is 1.98. The van der Waals surface area contributed by atoms with Crippen LogP contribution in [-0.4, -0.2) is 54.3 Å². The van der Waals surface area contributed by atoms with Crippen molar-refractivity contribution in [2.24, 2.45) is 4.99 Å². The van der Waals surface area contributed by atoms with Crippen LogP contribution in [0.15, 0.2) is 34.2 Å². The number of nitrogens with zero attached hydrogens (tertiary/aromatic N) is 1. The van der Waals surface area contributed by atoms with Crippen LogP contribution in [0.4, 0.5) is 0 Å². The van der Waals surface area contributed by atoms with E-state index in [1.807, 2.05) is 6.92 Å². The van der Waals surface area contributed by atoms with Crippen molar-refractivity contribution in [2.45, 2.75) is 24.7 Å². The molecule has 0 spiro atoms. The Bertz CT molecular complexity index is 638. The maximum absolute atomic E-state index is 12.1. The van der Waals surface area contributed by atoms with Crippen molar-refractivity contribution in [2.75, 3.05) is 39.9 Å². The van der Waals surface area contributed by atoms with Crippen molar-refractivity contribution in [1.29, 1.82) is 0 Å². The summed E-state index contributed by atoms with van der Waals surface area (Å²) in [6, 6.07) is 6.16. The molecule has 1 aromatic carbocycles. The first-order valence-electron chi connectivity index (χ1n) is 8.27. The van der Waals surface area contributed by atoms with Crippen molar-refractivity contribution >= 4 is 27.6 Å². The molecule has 1 aromatic rings. The summed E-state index contributed by atoms with van der Waals surface area (Å²) in [7, 11) is -1.89. The number of benzene rings is 1. The van der Waals surface area contributed by atoms with Crippen LogP contribution in [0.5, 0.6) is 0 Å². The second kappa shape index (κ2) is 12.1. The van der Waals surface area contributed by atoms with E-state index in [0.717, 1.165) is 32.6 Å². The molecule has 0 aliphatic rings. The van der Waals surface area contributed by atoms with E-state index in [0.29, 0.717) is 17.5 Å². The van der Waals surface area contributed by atoms with Gasteiger partial charge in [0.15, 0.2) is 5.96 Å². The molecule has 1 rings (SSSR count). The van der Waals surface area contributed by atoms with E-state index in [9.17, 15) is 8.42 Å². The zero-order valence-electron chi connectivity index (χ0n) is 14.7. The van der Waals surface area contributed by atoms with Crippen molar-refractivity contribution in [3.63, 3.8) is 0 Å². The number of sulfonamides is 1. The van der Waals surface area contributed by atoms with Crippen LogP contribution < -0.4 is 15.4 Å². The van der Waals surface area contributed by atoms with Crippen LogP contribution in [-0.2, 0) is 14.8 Å². The first-order valence-corrected chi connectivity index (χ1v) is 10.1. The van der Waals surface area contributed by atoms with Gasteiger partial charge in [-0.3, -0.25) is 4.99 Å². The van der Waals surface area contributed by atoms with Crippen LogP contribution in [0.1, 0.15) is 19.8 Å². The van der Waals surface area contributed by atoms with Gasteiger partial charge >= 0.3 is 0 Å². The molecule has 0 radical (unpaired) electrons. The minimum atomic E-state index is -3.57. The molecule has 0 atom stereocenters. The molecular formula is C16H27ClN4O3S. The molecule has 0 unspecified atom stereocenters. The monoisotopic (exact) mass is 390 g/mol. The van der Waals surface area contributed by atoms with Crippen molar-refractivity contribution in [3.8, 4) is 0 Å². The second-order valence-electron chi connectivity index (χ2n) is 5.18. The summed E-state index contributed by atoms with van der Waals surface area (Å²) in [6.45, 7) is 4.90. The third kappa shape index (κ3) is 9.06. The van der Waals surface area contributed by atoms with Gasteiger partial charge in [0.1, 0.15) is 0 Å². The quantitative estimate of drug-likeness (QED) is 0.303. The van der Waals surface area contributed by atoms with Crippen molar-refractivity contribution in [1.82, 2.24) is 15.4 Å². The van der Waals surface area contributed by atoms with Gasteiger partial charge in [0, 0.05) is 44.9 Å². The second-order valence-corrected chi connectivity index (χ2v) is 7.39. The zero-order valence-corrected chi connectivity index (χ0v) is 16.3. The Morgan fingerprint density at radius 3 is 2.64 bits per heavy atom. The van der Waals surface area contributed by atoms with Crippen LogP contribution in [0.2, 0.25) is 5.02 Å². The smallest absolute Gasteiger partial charge is 0.240 e. The molecule has 9 heteroatoms. The lowest BCUT2D eigenvalue weighted by atomic mass is 10.3. The van der Waals surface area contributed by atoms with Gasteiger partial charge < -0.3 is 15.4 Å². The number of ether oxygens (including phenoxy) is 1. The highest BCUT2D eigenvalue weighted by molar-refractivity contribution is 7.89. The summed E-state index contributed by atoms with van der Waals surface area (Å²) in [5.41, 5.74) is 0. The molecule has 0 aromatic heterocycles. The number of hydrogen-bond donors (Lipinski definition) is 3. The molecule has 0 aliphatic heterocycles. The zero-order chi connectivity index (χ0) is 18.5. The largest absolute Gasteiger partial charge is 0.382 e. The van der Waals surface area contributed by atoms with Gasteiger partial charge in [-0.1, -0.05) is 17.7 Å². The Hall–Kier alpha value is -1.35. The SMILES string of the molecule is CCOCCCCNC(=NC)NCCNS(=O)(=O)c1cccc(Cl)c1. The van der Waals surface area contributed by atoms with Crippen LogP contribution in [0.25, 0.3) is 0 Å². The summed E-state index contributed by atoms with van der Waals surface area (Å²) in [5.74, 6) is 0.637. The lowest BCUT2D eigenvalue weighted by Gasteiger charge is -2.12. The maximum Gasteiger partial charge on any atom is 0.240 e. The number of nitrogens with one attached hydrogen (secondary N) is 3. The molecule has 0 aliphatic carbocycles. The minimum absolute atomic E-state index is 0.150. The Kier molecular flexibility index (Phi) is 10.5. The molecule has 0 heterocycles. The lowest BCUT2D eigenvalue weighted by molar-refractivity contribution is 0.143. The highest BCUT2D eigenvalue weighted by Crippen LogP contribution is 2.14. The molecule has 25 heavy (non-hydrogen) atoms. The highest BCUT2D eigenvalue weighted by Gasteiger charge is 2.13. The molecule has 3 N–H and O–H groups in total. The van der Waals surface area contributed by atoms with E-state index in [1.165, 1.54) is 12.1 Å². The summed E-state index contributed by atoms with van der Waals surface area (Å²) in [6.07, 6.45) is 1.96. The fourth-order valence-corrected chi connectivity index (χ4v) is 3.32. The van der Waals surface area contributed by atoms with Gasteiger partial charge in [-0.25, -0.2) is 13.1 Å². The third-order valence-electron chi connectivity index (χ3n) is 3.25. The van der Waals surface area contributed by atoms with E-state index in [1.54, 1.807) is 19.2 Å². The third-order valence-corrected chi connectivity index (χ3v) is 4.95. The van der Waals surface area contributed by atoms with Gasteiger partial charge in [0.25, 0.3) is 0 Å². The van der Waals surface area contributed by atoms with Crippen molar-refractivity contribution < 1.29 is 13.2 Å². The van der Waals surface area contributed by atoms with E-state index in [2.05, 4.69) is 20.3 Å². The Morgan fingerprint density at radius 2 is 1.96 bits per heavy atom. The molecule has 0 saturated heterocycles. The number of rotatable bonds is 11. The van der Waals surface area contributed by atoms with E-state index >= 15 is 0 Å². The predicted molar refractivity (Wildman–Crippen MR) is 102 cm³/mol. The number of guanidine groups is 1. The van der Waals surface area contributed by atoms with Gasteiger partial charge in [0.2, 0.25) is 10.0 Å². The number of aliphatic imine (C=N–C) groups is 1. The maximum atomic E-state index is 12.1. The topological polar surface area (TPSA) is 91.8 Å². The van der Waals surface area contributed by atoms with E-state index in [-0.39, 0.29) is 11.4 Å². The normalized spacial score (nSPS) is 12.2. The average molecular weight is 391 g/mol. The summed E-state index contributed by atoms with van der Waals surface area (Å²) >= 11 is 5.82.